The molecule has 0 bridgehead atoms. The Morgan fingerprint density at radius 2 is 2.00 bits per heavy atom. The Kier molecular flexibility index (Phi) is 2.61. The smallest absolute Gasteiger partial charge is 0.417 e. The minimum Gasteiger partial charge on any atom is -0.481 e. The van der Waals surface area contributed by atoms with E-state index in [4.69, 9.17) is 0 Å². The Hall–Kier alpha value is -2.12. The van der Waals surface area contributed by atoms with Crippen LogP contribution in [-0.2, 0) is 11.0 Å². The number of carboxylic acid groups (broad SMARTS) is 1. The van der Waals surface area contributed by atoms with Gasteiger partial charge in [0.25, 0.3) is 0 Å². The molecule has 2 heterocycles. The number of carboxylic acids is 1. The summed E-state index contributed by atoms with van der Waals surface area (Å²) in [7, 11) is 0. The van der Waals surface area contributed by atoms with Crippen molar-refractivity contribution in [2.45, 2.75) is 25.9 Å². The molecule has 0 spiro atoms. The maximum absolute atomic E-state index is 12.8. The van der Waals surface area contributed by atoms with Gasteiger partial charge in [-0.2, -0.15) is 13.2 Å². The molecule has 3 rings (SSSR count). The highest BCUT2D eigenvalue weighted by molar-refractivity contribution is 5.77. The number of alkyl halides is 3. The van der Waals surface area contributed by atoms with E-state index >= 15 is 0 Å². The molecule has 2 aromatic heterocycles. The van der Waals surface area contributed by atoms with Crippen molar-refractivity contribution in [1.29, 1.82) is 0 Å². The van der Waals surface area contributed by atoms with E-state index in [0.29, 0.717) is 0 Å². The number of halogens is 3. The lowest BCUT2D eigenvalue weighted by Gasteiger charge is -2.07. The third kappa shape index (κ3) is 1.97. The van der Waals surface area contributed by atoms with E-state index in [1.165, 1.54) is 10.5 Å². The van der Waals surface area contributed by atoms with Crippen molar-refractivity contribution in [3.8, 4) is 0 Å². The topological polar surface area (TPSA) is 67.5 Å². The van der Waals surface area contributed by atoms with Crippen LogP contribution in [0.25, 0.3) is 5.65 Å². The summed E-state index contributed by atoms with van der Waals surface area (Å²) in [4.78, 5) is 11.2. The third-order valence-corrected chi connectivity index (χ3v) is 4.13. The van der Waals surface area contributed by atoms with E-state index in [2.05, 4.69) is 10.2 Å². The summed E-state index contributed by atoms with van der Waals surface area (Å²) in [5.41, 5.74) is -1.10. The average molecular weight is 299 g/mol. The Labute approximate surface area is 117 Å². The van der Waals surface area contributed by atoms with Gasteiger partial charge in [-0.3, -0.25) is 9.20 Å². The first-order valence-electron chi connectivity index (χ1n) is 6.28. The molecule has 1 fully saturated rings. The molecule has 1 N–H and O–H groups in total. The van der Waals surface area contributed by atoms with Gasteiger partial charge in [0.2, 0.25) is 0 Å². The van der Waals surface area contributed by atoms with Crippen molar-refractivity contribution in [3.63, 3.8) is 0 Å². The number of fused-ring (bicyclic) bond motifs is 1. The standard InChI is InChI=1S/C13H12F3N3O2/c1-12(2)8(9(12)11(20)21)10-18-17-7-4-3-6(5-19(7)10)13(14,15)16/h3-5,8-9H,1-2H3,(H,20,21). The van der Waals surface area contributed by atoms with Crippen molar-refractivity contribution in [3.05, 3.63) is 29.7 Å². The predicted octanol–water partition coefficient (Wildman–Crippen LogP) is 2.57. The third-order valence-electron chi connectivity index (χ3n) is 4.13. The first-order valence-corrected chi connectivity index (χ1v) is 6.28. The van der Waals surface area contributed by atoms with Crippen LogP contribution in [0.3, 0.4) is 0 Å². The van der Waals surface area contributed by atoms with Crippen LogP contribution in [0.4, 0.5) is 13.2 Å². The van der Waals surface area contributed by atoms with Crippen LogP contribution in [0, 0.1) is 11.3 Å². The maximum Gasteiger partial charge on any atom is 0.417 e. The number of pyridine rings is 1. The van der Waals surface area contributed by atoms with Crippen molar-refractivity contribution < 1.29 is 23.1 Å². The van der Waals surface area contributed by atoms with Gasteiger partial charge < -0.3 is 5.11 Å². The monoisotopic (exact) mass is 299 g/mol. The number of carbonyl (C=O) groups is 1. The van der Waals surface area contributed by atoms with Crippen molar-refractivity contribution >= 4 is 11.6 Å². The van der Waals surface area contributed by atoms with Crippen LogP contribution in [0.2, 0.25) is 0 Å². The molecule has 21 heavy (non-hydrogen) atoms. The molecule has 2 atom stereocenters. The Morgan fingerprint density at radius 1 is 1.33 bits per heavy atom. The van der Waals surface area contributed by atoms with Gasteiger partial charge in [-0.05, 0) is 17.5 Å². The van der Waals surface area contributed by atoms with E-state index < -0.39 is 35.0 Å². The number of rotatable bonds is 2. The zero-order chi connectivity index (χ0) is 15.6. The van der Waals surface area contributed by atoms with Gasteiger partial charge >= 0.3 is 12.1 Å². The van der Waals surface area contributed by atoms with E-state index in [1.807, 2.05) is 0 Å². The van der Waals surface area contributed by atoms with Crippen LogP contribution < -0.4 is 0 Å². The largest absolute Gasteiger partial charge is 0.481 e. The fraction of sp³-hybridized carbons (Fsp3) is 0.462. The van der Waals surface area contributed by atoms with Gasteiger partial charge in [0.05, 0.1) is 11.5 Å². The van der Waals surface area contributed by atoms with Gasteiger partial charge in [0.1, 0.15) is 5.82 Å². The van der Waals surface area contributed by atoms with E-state index in [1.54, 1.807) is 13.8 Å². The number of aromatic nitrogens is 3. The van der Waals surface area contributed by atoms with E-state index in [0.717, 1.165) is 12.3 Å². The minimum absolute atomic E-state index is 0.258. The second-order valence-electron chi connectivity index (χ2n) is 5.82. The highest BCUT2D eigenvalue weighted by Crippen LogP contribution is 2.63. The molecule has 1 saturated carbocycles. The second-order valence-corrected chi connectivity index (χ2v) is 5.82. The highest BCUT2D eigenvalue weighted by atomic mass is 19.4. The van der Waals surface area contributed by atoms with Crippen LogP contribution >= 0.6 is 0 Å². The molecular weight excluding hydrogens is 287 g/mol. The van der Waals surface area contributed by atoms with Crippen LogP contribution in [0.5, 0.6) is 0 Å². The van der Waals surface area contributed by atoms with Gasteiger partial charge in [-0.1, -0.05) is 13.8 Å². The number of nitrogens with zero attached hydrogens (tertiary/aromatic N) is 3. The van der Waals surface area contributed by atoms with Crippen molar-refractivity contribution in [2.24, 2.45) is 11.3 Å². The van der Waals surface area contributed by atoms with Gasteiger partial charge in [0.15, 0.2) is 5.65 Å². The molecule has 2 unspecified atom stereocenters. The molecule has 112 valence electrons. The maximum atomic E-state index is 12.8. The van der Waals surface area contributed by atoms with E-state index in [-0.39, 0.29) is 11.5 Å². The van der Waals surface area contributed by atoms with Gasteiger partial charge in [-0.15, -0.1) is 10.2 Å². The normalized spacial score (nSPS) is 24.2. The minimum atomic E-state index is -4.47. The first kappa shape index (κ1) is 13.8. The van der Waals surface area contributed by atoms with Crippen LogP contribution in [-0.4, -0.2) is 25.7 Å². The quantitative estimate of drug-likeness (QED) is 0.925. The Balaban J connectivity index is 2.11. The molecule has 0 aromatic carbocycles. The molecule has 8 heteroatoms. The van der Waals surface area contributed by atoms with Crippen molar-refractivity contribution in [2.75, 3.05) is 0 Å². The van der Waals surface area contributed by atoms with Crippen molar-refractivity contribution in [1.82, 2.24) is 14.6 Å². The zero-order valence-electron chi connectivity index (χ0n) is 11.2. The summed E-state index contributed by atoms with van der Waals surface area (Å²) in [5, 5.41) is 16.9. The number of aliphatic carboxylic acids is 1. The molecule has 1 aliphatic rings. The molecular formula is C13H12F3N3O2. The molecule has 2 aromatic rings. The lowest BCUT2D eigenvalue weighted by atomic mass is 10.1. The SMILES string of the molecule is CC1(C)C(C(=O)O)C1c1nnc2ccc(C(F)(F)F)cn12. The fourth-order valence-corrected chi connectivity index (χ4v) is 2.87. The summed E-state index contributed by atoms with van der Waals surface area (Å²) in [6.45, 7) is 3.51. The second kappa shape index (κ2) is 3.96. The first-order chi connectivity index (χ1) is 9.64. The summed E-state index contributed by atoms with van der Waals surface area (Å²) in [6.07, 6.45) is -3.56. The predicted molar refractivity (Wildman–Crippen MR) is 65.6 cm³/mol. The van der Waals surface area contributed by atoms with Gasteiger partial charge in [0, 0.05) is 12.1 Å². The average Bonchev–Trinajstić information content (AvgIpc) is 2.76. The Morgan fingerprint density at radius 3 is 2.52 bits per heavy atom. The summed E-state index contributed by atoms with van der Waals surface area (Å²) < 4.78 is 39.6. The molecule has 0 amide bonds. The fourth-order valence-electron chi connectivity index (χ4n) is 2.87. The summed E-state index contributed by atoms with van der Waals surface area (Å²) in [6, 6.07) is 2.16. The van der Waals surface area contributed by atoms with Crippen LogP contribution in [0.1, 0.15) is 31.2 Å². The van der Waals surface area contributed by atoms with Gasteiger partial charge in [-0.25, -0.2) is 0 Å². The molecule has 1 aliphatic carbocycles. The van der Waals surface area contributed by atoms with Crippen LogP contribution in [0.15, 0.2) is 18.3 Å². The molecule has 0 aliphatic heterocycles. The zero-order valence-corrected chi connectivity index (χ0v) is 11.2. The molecule has 0 saturated heterocycles. The highest BCUT2D eigenvalue weighted by Gasteiger charge is 2.64. The van der Waals surface area contributed by atoms with E-state index in [9.17, 15) is 23.1 Å². The molecule has 0 radical (unpaired) electrons. The summed E-state index contributed by atoms with van der Waals surface area (Å²) >= 11 is 0. The lowest BCUT2D eigenvalue weighted by molar-refractivity contribution is -0.139. The Bertz CT molecular complexity index is 736. The number of hydrogen-bond donors (Lipinski definition) is 1. The molecule has 5 nitrogen and oxygen atoms in total. The number of hydrogen-bond acceptors (Lipinski definition) is 3. The summed E-state index contributed by atoms with van der Waals surface area (Å²) in [5.74, 6) is -1.84. The lowest BCUT2D eigenvalue weighted by Crippen LogP contribution is -2.07.